The van der Waals surface area contributed by atoms with Gasteiger partial charge in [-0.05, 0) is 12.8 Å². The molecule has 2 nitrogen and oxygen atoms in total. The van der Waals surface area contributed by atoms with E-state index in [2.05, 4.69) is 5.16 Å². The van der Waals surface area contributed by atoms with Gasteiger partial charge in [-0.1, -0.05) is 5.16 Å². The molecular weight excluding hydrogens is 150 g/mol. The van der Waals surface area contributed by atoms with Crippen molar-refractivity contribution >= 4 is 11.6 Å². The van der Waals surface area contributed by atoms with Crippen molar-refractivity contribution in [2.24, 2.45) is 0 Å². The topological polar surface area (TPSA) is 26.0 Å². The fourth-order valence-corrected chi connectivity index (χ4v) is 1.60. The summed E-state index contributed by atoms with van der Waals surface area (Å²) in [6, 6.07) is 0. The molecular formula is C7H8ClNO. The average Bonchev–Trinajstić information content (AvgIpc) is 2.44. The Morgan fingerprint density at radius 1 is 1.50 bits per heavy atom. The molecule has 0 aromatic carbocycles. The molecule has 0 fully saturated rings. The van der Waals surface area contributed by atoms with Crippen LogP contribution in [0.15, 0.2) is 4.52 Å². The second kappa shape index (κ2) is 2.27. The third-order valence-electron chi connectivity index (χ3n) is 1.91. The molecule has 1 aliphatic rings. The van der Waals surface area contributed by atoms with Crippen molar-refractivity contribution in [2.45, 2.75) is 25.1 Å². The quantitative estimate of drug-likeness (QED) is 0.582. The summed E-state index contributed by atoms with van der Waals surface area (Å²) in [5, 5.41) is 3.85. The Morgan fingerprint density at radius 3 is 3.20 bits per heavy atom. The molecule has 0 aliphatic heterocycles. The second-order valence-electron chi connectivity index (χ2n) is 2.52. The van der Waals surface area contributed by atoms with Gasteiger partial charge in [-0.15, -0.1) is 11.6 Å². The van der Waals surface area contributed by atoms with E-state index in [9.17, 15) is 0 Å². The van der Waals surface area contributed by atoms with Crippen molar-refractivity contribution in [2.75, 3.05) is 0 Å². The van der Waals surface area contributed by atoms with Gasteiger partial charge in [0.1, 0.15) is 11.5 Å². The standard InChI is InChI=1S/C7H8ClNO/c8-4-6-5-2-1-3-7(5)10-9-6/h1-4H2. The van der Waals surface area contributed by atoms with Gasteiger partial charge in [0, 0.05) is 12.0 Å². The average molecular weight is 158 g/mol. The largest absolute Gasteiger partial charge is 0.361 e. The summed E-state index contributed by atoms with van der Waals surface area (Å²) >= 11 is 5.63. The first kappa shape index (κ1) is 6.23. The number of hydrogen-bond acceptors (Lipinski definition) is 2. The first-order valence-corrected chi connectivity index (χ1v) is 3.97. The van der Waals surface area contributed by atoms with E-state index in [1.807, 2.05) is 0 Å². The first-order chi connectivity index (χ1) is 4.92. The summed E-state index contributed by atoms with van der Waals surface area (Å²) < 4.78 is 5.06. The summed E-state index contributed by atoms with van der Waals surface area (Å²) in [5.74, 6) is 1.54. The molecule has 0 saturated heterocycles. The molecule has 0 bridgehead atoms. The predicted octanol–water partition coefficient (Wildman–Crippen LogP) is 1.90. The monoisotopic (exact) mass is 157 g/mol. The van der Waals surface area contributed by atoms with Crippen LogP contribution in [0.5, 0.6) is 0 Å². The van der Waals surface area contributed by atoms with Crippen LogP contribution >= 0.6 is 11.6 Å². The van der Waals surface area contributed by atoms with E-state index in [4.69, 9.17) is 16.1 Å². The molecule has 10 heavy (non-hydrogen) atoms. The van der Waals surface area contributed by atoms with Gasteiger partial charge in [0.25, 0.3) is 0 Å². The summed E-state index contributed by atoms with van der Waals surface area (Å²) in [7, 11) is 0. The highest BCUT2D eigenvalue weighted by atomic mass is 35.5. The van der Waals surface area contributed by atoms with Crippen molar-refractivity contribution in [3.05, 3.63) is 17.0 Å². The summed E-state index contributed by atoms with van der Waals surface area (Å²) in [5.41, 5.74) is 2.20. The van der Waals surface area contributed by atoms with Crippen LogP contribution in [0.2, 0.25) is 0 Å². The Bertz CT molecular complexity index is 244. The van der Waals surface area contributed by atoms with E-state index in [1.165, 1.54) is 12.0 Å². The number of nitrogens with zero attached hydrogens (tertiary/aromatic N) is 1. The zero-order chi connectivity index (χ0) is 6.97. The minimum absolute atomic E-state index is 0.485. The number of alkyl halides is 1. The highest BCUT2D eigenvalue weighted by Gasteiger charge is 2.19. The van der Waals surface area contributed by atoms with Gasteiger partial charge in [0.2, 0.25) is 0 Å². The minimum atomic E-state index is 0.485. The van der Waals surface area contributed by atoms with Crippen molar-refractivity contribution in [3.63, 3.8) is 0 Å². The van der Waals surface area contributed by atoms with E-state index in [0.717, 1.165) is 24.3 Å². The fourth-order valence-electron chi connectivity index (χ4n) is 1.39. The zero-order valence-electron chi connectivity index (χ0n) is 5.56. The van der Waals surface area contributed by atoms with Crippen LogP contribution in [0.3, 0.4) is 0 Å². The Morgan fingerprint density at radius 2 is 2.40 bits per heavy atom. The SMILES string of the molecule is ClCc1noc2c1CCC2. The lowest BCUT2D eigenvalue weighted by molar-refractivity contribution is 0.381. The number of hydrogen-bond donors (Lipinski definition) is 0. The highest BCUT2D eigenvalue weighted by Crippen LogP contribution is 2.25. The van der Waals surface area contributed by atoms with E-state index in [-0.39, 0.29) is 0 Å². The van der Waals surface area contributed by atoms with E-state index in [0.29, 0.717) is 5.88 Å². The lowest BCUT2D eigenvalue weighted by atomic mass is 10.2. The van der Waals surface area contributed by atoms with Crippen LogP contribution in [0.25, 0.3) is 0 Å². The van der Waals surface area contributed by atoms with Crippen molar-refractivity contribution in [1.29, 1.82) is 0 Å². The van der Waals surface area contributed by atoms with Crippen molar-refractivity contribution in [3.8, 4) is 0 Å². The van der Waals surface area contributed by atoms with Crippen molar-refractivity contribution in [1.82, 2.24) is 5.16 Å². The van der Waals surface area contributed by atoms with E-state index < -0.39 is 0 Å². The fraction of sp³-hybridized carbons (Fsp3) is 0.571. The van der Waals surface area contributed by atoms with E-state index in [1.54, 1.807) is 0 Å². The molecule has 1 aromatic heterocycles. The van der Waals surface area contributed by atoms with Gasteiger partial charge in [0.05, 0.1) is 5.88 Å². The molecule has 1 heterocycles. The first-order valence-electron chi connectivity index (χ1n) is 3.44. The van der Waals surface area contributed by atoms with Crippen LogP contribution in [0, 0.1) is 0 Å². The Hall–Kier alpha value is -0.500. The molecule has 0 spiro atoms. The molecule has 0 unspecified atom stereocenters. The number of aryl methyl sites for hydroxylation is 1. The van der Waals surface area contributed by atoms with Crippen molar-refractivity contribution < 1.29 is 4.52 Å². The van der Waals surface area contributed by atoms with Gasteiger partial charge in [-0.25, -0.2) is 0 Å². The van der Waals surface area contributed by atoms with Gasteiger partial charge in [0.15, 0.2) is 0 Å². The Kier molecular flexibility index (Phi) is 1.42. The molecule has 1 aromatic rings. The molecule has 0 radical (unpaired) electrons. The van der Waals surface area contributed by atoms with Crippen LogP contribution in [-0.4, -0.2) is 5.16 Å². The molecule has 0 saturated carbocycles. The number of fused-ring (bicyclic) bond motifs is 1. The van der Waals surface area contributed by atoms with Gasteiger partial charge in [-0.2, -0.15) is 0 Å². The number of aromatic nitrogens is 1. The maximum Gasteiger partial charge on any atom is 0.140 e. The summed E-state index contributed by atoms with van der Waals surface area (Å²) in [6.45, 7) is 0. The molecule has 2 rings (SSSR count). The normalized spacial score (nSPS) is 15.7. The number of rotatable bonds is 1. The zero-order valence-corrected chi connectivity index (χ0v) is 6.32. The Labute approximate surface area is 64.2 Å². The molecule has 54 valence electrons. The maximum absolute atomic E-state index is 5.63. The van der Waals surface area contributed by atoms with Crippen LogP contribution in [0.1, 0.15) is 23.4 Å². The molecule has 0 amide bonds. The van der Waals surface area contributed by atoms with Gasteiger partial charge < -0.3 is 4.52 Å². The van der Waals surface area contributed by atoms with Crippen LogP contribution < -0.4 is 0 Å². The van der Waals surface area contributed by atoms with Crippen LogP contribution in [-0.2, 0) is 18.7 Å². The molecule has 3 heteroatoms. The summed E-state index contributed by atoms with van der Waals surface area (Å²) in [6.07, 6.45) is 3.33. The van der Waals surface area contributed by atoms with Gasteiger partial charge >= 0.3 is 0 Å². The lowest BCUT2D eigenvalue weighted by Gasteiger charge is -1.86. The number of halogens is 1. The minimum Gasteiger partial charge on any atom is -0.361 e. The second-order valence-corrected chi connectivity index (χ2v) is 2.79. The van der Waals surface area contributed by atoms with Crippen LogP contribution in [0.4, 0.5) is 0 Å². The highest BCUT2D eigenvalue weighted by molar-refractivity contribution is 6.17. The predicted molar refractivity (Wildman–Crippen MR) is 38.1 cm³/mol. The van der Waals surface area contributed by atoms with Gasteiger partial charge in [-0.3, -0.25) is 0 Å². The maximum atomic E-state index is 5.63. The van der Waals surface area contributed by atoms with E-state index >= 15 is 0 Å². The molecule has 0 atom stereocenters. The smallest absolute Gasteiger partial charge is 0.140 e. The lowest BCUT2D eigenvalue weighted by Crippen LogP contribution is -1.83. The molecule has 1 aliphatic carbocycles. The molecule has 0 N–H and O–H groups in total. The Balaban J connectivity index is 2.44. The summed E-state index contributed by atoms with van der Waals surface area (Å²) in [4.78, 5) is 0. The third-order valence-corrected chi connectivity index (χ3v) is 2.16. The third kappa shape index (κ3) is 0.754.